The molecule has 0 bridgehead atoms. The van der Waals surface area contributed by atoms with Crippen molar-refractivity contribution >= 4 is 39.8 Å². The smallest absolute Gasteiger partial charge is 0.303 e. The molecule has 2 aromatic heterocycles. The summed E-state index contributed by atoms with van der Waals surface area (Å²) >= 11 is 0. The third-order valence-corrected chi connectivity index (χ3v) is 8.42. The number of piperidine rings is 1. The van der Waals surface area contributed by atoms with E-state index in [0.29, 0.717) is 12.2 Å². The van der Waals surface area contributed by atoms with Gasteiger partial charge in [0.05, 0.1) is 29.5 Å². The van der Waals surface area contributed by atoms with Gasteiger partial charge in [-0.25, -0.2) is 4.98 Å². The minimum absolute atomic E-state index is 0.114. The van der Waals surface area contributed by atoms with Gasteiger partial charge in [-0.1, -0.05) is 56.3 Å². The van der Waals surface area contributed by atoms with E-state index in [4.69, 9.17) is 25.9 Å². The molecule has 44 heavy (non-hydrogen) atoms. The van der Waals surface area contributed by atoms with Crippen LogP contribution in [-0.2, 0) is 11.3 Å². The quantitative estimate of drug-likeness (QED) is 0.184. The molecule has 1 unspecified atom stereocenters. The zero-order chi connectivity index (χ0) is 31.4. The van der Waals surface area contributed by atoms with Crippen molar-refractivity contribution < 1.29 is 15.0 Å². The number of nitrogens with two attached hydrogens (primary N) is 1. The molecule has 230 valence electrons. The highest BCUT2D eigenvalue weighted by molar-refractivity contribution is 6.08. The van der Waals surface area contributed by atoms with Crippen LogP contribution in [0, 0.1) is 18.8 Å². The van der Waals surface area contributed by atoms with E-state index >= 15 is 0 Å². The number of allylic oxidation sites excluding steroid dienone is 1. The van der Waals surface area contributed by atoms with Crippen molar-refractivity contribution in [1.29, 1.82) is 0 Å². The van der Waals surface area contributed by atoms with Crippen LogP contribution >= 0.6 is 0 Å². The van der Waals surface area contributed by atoms with Gasteiger partial charge in [0.2, 0.25) is 0 Å². The number of aliphatic hydroxyl groups is 1. The van der Waals surface area contributed by atoms with Crippen molar-refractivity contribution in [1.82, 2.24) is 14.8 Å². The average Bonchev–Trinajstić information content (AvgIpc) is 3.41. The van der Waals surface area contributed by atoms with Gasteiger partial charge in [-0.2, -0.15) is 5.10 Å². The van der Waals surface area contributed by atoms with Gasteiger partial charge in [0.1, 0.15) is 5.82 Å². The Balaban J connectivity index is 1.39. The predicted molar refractivity (Wildman–Crippen MR) is 176 cm³/mol. The second kappa shape index (κ2) is 13.4. The second-order valence-corrected chi connectivity index (χ2v) is 12.0. The van der Waals surface area contributed by atoms with Gasteiger partial charge in [0, 0.05) is 48.1 Å². The summed E-state index contributed by atoms with van der Waals surface area (Å²) in [5.74, 6) is 0.511. The van der Waals surface area contributed by atoms with Crippen molar-refractivity contribution in [2.45, 2.75) is 59.6 Å². The molecule has 9 heteroatoms. The highest BCUT2D eigenvalue weighted by atomic mass is 16.4. The molecular weight excluding hydrogens is 552 g/mol. The lowest BCUT2D eigenvalue weighted by Crippen LogP contribution is -2.34. The Morgan fingerprint density at radius 2 is 1.80 bits per heavy atom. The van der Waals surface area contributed by atoms with Crippen LogP contribution in [0.2, 0.25) is 0 Å². The number of carbonyl (C=O) groups is 1. The number of fused-ring (bicyclic) bond motifs is 1. The van der Waals surface area contributed by atoms with E-state index < -0.39 is 12.1 Å². The monoisotopic (exact) mass is 594 g/mol. The van der Waals surface area contributed by atoms with Crippen molar-refractivity contribution in [2.75, 3.05) is 18.0 Å². The third kappa shape index (κ3) is 7.00. The molecule has 0 saturated carbocycles. The summed E-state index contributed by atoms with van der Waals surface area (Å²) in [6, 6.07) is 19.5. The first kappa shape index (κ1) is 30.9. The molecular formula is C35H42N6O3. The maximum absolute atomic E-state index is 11.1. The lowest BCUT2D eigenvalue weighted by Gasteiger charge is -2.32. The molecule has 0 amide bonds. The van der Waals surface area contributed by atoms with Gasteiger partial charge in [0.25, 0.3) is 0 Å². The fraction of sp³-hybridized carbons (Fsp3) is 0.371. The zero-order valence-corrected chi connectivity index (χ0v) is 25.9. The Labute approximate surface area is 258 Å². The Bertz CT molecular complexity index is 1680. The molecule has 0 radical (unpaired) electrons. The normalized spacial score (nSPS) is 16.0. The fourth-order valence-corrected chi connectivity index (χ4v) is 6.14. The molecule has 4 N–H and O–H groups in total. The molecule has 2 aromatic carbocycles. The minimum atomic E-state index is -0.726. The van der Waals surface area contributed by atoms with Crippen molar-refractivity contribution in [3.63, 3.8) is 0 Å². The first-order valence-corrected chi connectivity index (χ1v) is 15.3. The minimum Gasteiger partial charge on any atom is -0.481 e. The standard InChI is InChI=1S/C35H42N6O3/c1-22(2)34(24(4)37-29-13-14-32(38-23(29)3)40-17-15-25(16-18-40)19-33(43)44)35(36)27-11-8-12-30-28(27)20-41(39-30)21-31(42)26-9-6-5-7-10-26/h5-14,20,22,25,31,42H,15-19,21,36H2,1-4H3,(H,43,44)/b35-34-,37-24?. The topological polar surface area (TPSA) is 130 Å². The van der Waals surface area contributed by atoms with Crippen LogP contribution in [0.4, 0.5) is 11.5 Å². The van der Waals surface area contributed by atoms with Crippen LogP contribution < -0.4 is 10.6 Å². The number of aliphatic carboxylic acids is 1. The molecule has 9 nitrogen and oxygen atoms in total. The number of carboxylic acids is 1. The predicted octanol–water partition coefficient (Wildman–Crippen LogP) is 6.28. The van der Waals surface area contributed by atoms with E-state index in [1.165, 1.54) is 0 Å². The number of pyridine rings is 1. The lowest BCUT2D eigenvalue weighted by atomic mass is 9.92. The van der Waals surface area contributed by atoms with Crippen LogP contribution in [-0.4, -0.2) is 49.7 Å². The van der Waals surface area contributed by atoms with E-state index in [1.54, 1.807) is 4.68 Å². The van der Waals surface area contributed by atoms with Crippen LogP contribution in [0.3, 0.4) is 0 Å². The number of anilines is 1. The molecule has 4 aromatic rings. The van der Waals surface area contributed by atoms with Gasteiger partial charge in [-0.05, 0) is 67.9 Å². The molecule has 1 fully saturated rings. The van der Waals surface area contributed by atoms with Crippen LogP contribution in [0.15, 0.2) is 77.4 Å². The number of aliphatic imine (C=N–C) groups is 1. The van der Waals surface area contributed by atoms with E-state index in [0.717, 1.165) is 76.4 Å². The summed E-state index contributed by atoms with van der Waals surface area (Å²) in [5, 5.41) is 25.5. The van der Waals surface area contributed by atoms with E-state index in [-0.39, 0.29) is 18.3 Å². The summed E-state index contributed by atoms with van der Waals surface area (Å²) in [5.41, 5.74) is 13.5. The van der Waals surface area contributed by atoms with Crippen LogP contribution in [0.1, 0.15) is 63.0 Å². The largest absolute Gasteiger partial charge is 0.481 e. The zero-order valence-electron chi connectivity index (χ0n) is 25.9. The lowest BCUT2D eigenvalue weighted by molar-refractivity contribution is -0.138. The highest BCUT2D eigenvalue weighted by Crippen LogP contribution is 2.31. The molecule has 0 spiro atoms. The highest BCUT2D eigenvalue weighted by Gasteiger charge is 2.23. The maximum Gasteiger partial charge on any atom is 0.303 e. The number of aliphatic hydroxyl groups excluding tert-OH is 1. The summed E-state index contributed by atoms with van der Waals surface area (Å²) in [6.07, 6.45) is 3.22. The number of nitrogens with zero attached hydrogens (tertiary/aromatic N) is 5. The van der Waals surface area contributed by atoms with Crippen molar-refractivity contribution in [3.8, 4) is 0 Å². The molecule has 0 aliphatic carbocycles. The number of carboxylic acid groups (broad SMARTS) is 1. The number of benzene rings is 2. The van der Waals surface area contributed by atoms with Gasteiger partial charge in [-0.15, -0.1) is 0 Å². The third-order valence-electron chi connectivity index (χ3n) is 8.42. The molecule has 1 aliphatic heterocycles. The Kier molecular flexibility index (Phi) is 9.44. The van der Waals surface area contributed by atoms with Crippen LogP contribution in [0.5, 0.6) is 0 Å². The number of rotatable bonds is 10. The number of aryl methyl sites for hydroxylation is 1. The average molecular weight is 595 g/mol. The number of hydrogen-bond donors (Lipinski definition) is 3. The number of aromatic nitrogens is 3. The maximum atomic E-state index is 11.1. The summed E-state index contributed by atoms with van der Waals surface area (Å²) in [7, 11) is 0. The molecule has 3 heterocycles. The Morgan fingerprint density at radius 3 is 2.45 bits per heavy atom. The van der Waals surface area contributed by atoms with Gasteiger partial charge in [0.15, 0.2) is 0 Å². The van der Waals surface area contributed by atoms with E-state index in [9.17, 15) is 9.90 Å². The van der Waals surface area contributed by atoms with E-state index in [1.807, 2.05) is 80.7 Å². The van der Waals surface area contributed by atoms with Crippen molar-refractivity contribution in [3.05, 3.63) is 89.3 Å². The van der Waals surface area contributed by atoms with Gasteiger partial charge in [-0.3, -0.25) is 14.5 Å². The molecule has 5 rings (SSSR count). The van der Waals surface area contributed by atoms with Gasteiger partial charge >= 0.3 is 5.97 Å². The molecule has 1 aliphatic rings. The van der Waals surface area contributed by atoms with Gasteiger partial charge < -0.3 is 20.8 Å². The SMILES string of the molecule is CC(=Nc1ccc(N2CCC(CC(=O)O)CC2)nc1C)/C(=C(\N)c1cccc2nn(CC(O)c3ccccc3)cc12)C(C)C. The van der Waals surface area contributed by atoms with Crippen LogP contribution in [0.25, 0.3) is 16.6 Å². The Hall–Kier alpha value is -4.50. The first-order chi connectivity index (χ1) is 21.1. The van der Waals surface area contributed by atoms with E-state index in [2.05, 4.69) is 18.7 Å². The molecule has 1 saturated heterocycles. The summed E-state index contributed by atoms with van der Waals surface area (Å²) in [6.45, 7) is 10.1. The Morgan fingerprint density at radius 1 is 1.07 bits per heavy atom. The number of hydrogen-bond acceptors (Lipinski definition) is 7. The summed E-state index contributed by atoms with van der Waals surface area (Å²) < 4.78 is 1.78. The second-order valence-electron chi connectivity index (χ2n) is 12.0. The first-order valence-electron chi connectivity index (χ1n) is 15.3. The fourth-order valence-electron chi connectivity index (χ4n) is 6.14. The van der Waals surface area contributed by atoms with Crippen molar-refractivity contribution in [2.24, 2.45) is 22.6 Å². The summed E-state index contributed by atoms with van der Waals surface area (Å²) in [4.78, 5) is 23.2. The molecule has 1 atom stereocenters.